The number of aryl methyl sites for hydroxylation is 1. The molecule has 1 aromatic carbocycles. The molecule has 6 nitrogen and oxygen atoms in total. The van der Waals surface area contributed by atoms with Gasteiger partial charge in [0.25, 0.3) is 0 Å². The Kier molecular flexibility index (Phi) is 4.26. The molecule has 2 bridgehead atoms. The number of carbonyl (C=O) groups excluding carboxylic acids is 1. The number of amides is 2. The van der Waals surface area contributed by atoms with Crippen LogP contribution in [0.5, 0.6) is 5.88 Å². The van der Waals surface area contributed by atoms with Gasteiger partial charge in [-0.05, 0) is 49.8 Å². The second-order valence-electron chi connectivity index (χ2n) is 7.40. The Morgan fingerprint density at radius 2 is 1.92 bits per heavy atom. The first kappa shape index (κ1) is 16.8. The second kappa shape index (κ2) is 6.59. The predicted molar refractivity (Wildman–Crippen MR) is 100 cm³/mol. The number of nitrogens with zero attached hydrogens (tertiary/aromatic N) is 3. The summed E-state index contributed by atoms with van der Waals surface area (Å²) in [6.45, 7) is 4.28. The third-order valence-electron chi connectivity index (χ3n) is 5.52. The molecule has 2 amide bonds. The van der Waals surface area contributed by atoms with Gasteiger partial charge in [-0.1, -0.05) is 13.0 Å². The predicted octanol–water partition coefficient (Wildman–Crippen LogP) is 3.87. The number of methoxy groups -OCH3 is 1. The monoisotopic (exact) mass is 352 g/mol. The first-order chi connectivity index (χ1) is 12.6. The van der Waals surface area contributed by atoms with Crippen molar-refractivity contribution in [3.8, 4) is 17.1 Å². The summed E-state index contributed by atoms with van der Waals surface area (Å²) in [6.07, 6.45) is 6.62. The molecule has 0 saturated carbocycles. The van der Waals surface area contributed by atoms with Crippen molar-refractivity contribution in [1.29, 1.82) is 0 Å². The summed E-state index contributed by atoms with van der Waals surface area (Å²) < 4.78 is 5.33. The molecule has 2 unspecified atom stereocenters. The van der Waals surface area contributed by atoms with E-state index in [1.54, 1.807) is 19.5 Å². The highest BCUT2D eigenvalue weighted by atomic mass is 16.5. The zero-order valence-corrected chi connectivity index (χ0v) is 15.4. The van der Waals surface area contributed by atoms with Crippen molar-refractivity contribution in [2.45, 2.75) is 45.2 Å². The Bertz CT molecular complexity index is 826. The average Bonchev–Trinajstić information content (AvgIpc) is 2.63. The van der Waals surface area contributed by atoms with Crippen LogP contribution in [0.15, 0.2) is 30.6 Å². The molecule has 0 aliphatic carbocycles. The lowest BCUT2D eigenvalue weighted by Gasteiger charge is -2.54. The highest BCUT2D eigenvalue weighted by Gasteiger charge is 2.46. The van der Waals surface area contributed by atoms with Crippen LogP contribution in [-0.4, -0.2) is 40.1 Å². The van der Waals surface area contributed by atoms with E-state index in [2.05, 4.69) is 22.2 Å². The number of hydrogen-bond donors (Lipinski definition) is 1. The van der Waals surface area contributed by atoms with E-state index in [0.29, 0.717) is 23.7 Å². The highest BCUT2D eigenvalue weighted by molar-refractivity contribution is 5.91. The van der Waals surface area contributed by atoms with Crippen LogP contribution in [-0.2, 0) is 0 Å². The van der Waals surface area contributed by atoms with E-state index < -0.39 is 0 Å². The van der Waals surface area contributed by atoms with E-state index in [1.165, 1.54) is 0 Å². The Balaban J connectivity index is 1.56. The van der Waals surface area contributed by atoms with E-state index in [0.717, 1.165) is 42.0 Å². The molecular formula is C20H24N4O2. The Labute approximate surface area is 153 Å². The number of aromatic nitrogens is 2. The highest BCUT2D eigenvalue weighted by Crippen LogP contribution is 2.41. The SMILES string of the molecule is COc1nccnc1-c1cc(NC(=O)N2C3CC(C)C[C@H]2C3)ccc1C. The lowest BCUT2D eigenvalue weighted by atomic mass is 9.74. The quantitative estimate of drug-likeness (QED) is 0.911. The molecule has 1 aromatic heterocycles. The summed E-state index contributed by atoms with van der Waals surface area (Å²) in [5.41, 5.74) is 3.40. The first-order valence-corrected chi connectivity index (χ1v) is 9.12. The number of urea groups is 1. The minimum atomic E-state index is -0.000867. The first-order valence-electron chi connectivity index (χ1n) is 9.12. The van der Waals surface area contributed by atoms with Gasteiger partial charge in [-0.3, -0.25) is 0 Å². The molecule has 3 heterocycles. The number of piperidine rings is 1. The van der Waals surface area contributed by atoms with E-state index in [4.69, 9.17) is 4.74 Å². The summed E-state index contributed by atoms with van der Waals surface area (Å²) in [7, 11) is 1.58. The number of anilines is 1. The Morgan fingerprint density at radius 1 is 1.19 bits per heavy atom. The third-order valence-corrected chi connectivity index (χ3v) is 5.52. The number of ether oxygens (including phenoxy) is 1. The number of nitrogens with one attached hydrogen (secondary N) is 1. The maximum atomic E-state index is 12.7. The fraction of sp³-hybridized carbons (Fsp3) is 0.450. The molecule has 2 saturated heterocycles. The van der Waals surface area contributed by atoms with Crippen LogP contribution in [0.2, 0.25) is 0 Å². The van der Waals surface area contributed by atoms with Gasteiger partial charge in [-0.15, -0.1) is 0 Å². The van der Waals surface area contributed by atoms with Gasteiger partial charge >= 0.3 is 6.03 Å². The van der Waals surface area contributed by atoms with E-state index in [9.17, 15) is 4.79 Å². The van der Waals surface area contributed by atoms with Crippen molar-refractivity contribution < 1.29 is 9.53 Å². The van der Waals surface area contributed by atoms with E-state index in [1.807, 2.05) is 30.0 Å². The number of rotatable bonds is 3. The summed E-state index contributed by atoms with van der Waals surface area (Å²) >= 11 is 0. The Hall–Kier alpha value is -2.63. The van der Waals surface area contributed by atoms with Crippen LogP contribution in [0.3, 0.4) is 0 Å². The van der Waals surface area contributed by atoms with E-state index in [-0.39, 0.29) is 6.03 Å². The lowest BCUT2D eigenvalue weighted by Crippen LogP contribution is -2.63. The standard InChI is InChI=1S/C20H24N4O2/c1-12-8-15-11-16(9-12)24(15)20(25)23-14-5-4-13(2)17(10-14)18-19(26-3)22-7-6-21-18/h4-7,10,12,15-16H,8-9,11H2,1-3H3,(H,23,25)/t12?,15-,16?/m0/s1. The smallest absolute Gasteiger partial charge is 0.322 e. The lowest BCUT2D eigenvalue weighted by molar-refractivity contribution is -0.00600. The van der Waals surface area contributed by atoms with Gasteiger partial charge in [0.15, 0.2) is 0 Å². The fourth-order valence-electron chi connectivity index (χ4n) is 4.28. The van der Waals surface area contributed by atoms with Crippen molar-refractivity contribution in [2.75, 3.05) is 12.4 Å². The number of hydrogen-bond acceptors (Lipinski definition) is 4. The minimum Gasteiger partial charge on any atom is -0.479 e. The van der Waals surface area contributed by atoms with Crippen molar-refractivity contribution in [2.24, 2.45) is 5.92 Å². The summed E-state index contributed by atoms with van der Waals surface area (Å²) in [5, 5.41) is 3.06. The number of carbonyl (C=O) groups is 1. The maximum Gasteiger partial charge on any atom is 0.322 e. The molecular weight excluding hydrogens is 328 g/mol. The summed E-state index contributed by atoms with van der Waals surface area (Å²) in [4.78, 5) is 23.4. The van der Waals surface area contributed by atoms with Crippen molar-refractivity contribution >= 4 is 11.7 Å². The minimum absolute atomic E-state index is 0.000867. The molecule has 2 aromatic rings. The normalized spacial score (nSPS) is 24.0. The second-order valence-corrected chi connectivity index (χ2v) is 7.40. The molecule has 2 aliphatic rings. The van der Waals surface area contributed by atoms with Gasteiger partial charge in [-0.25, -0.2) is 14.8 Å². The van der Waals surface area contributed by atoms with Crippen molar-refractivity contribution in [3.63, 3.8) is 0 Å². The van der Waals surface area contributed by atoms with Crippen LogP contribution in [0.1, 0.15) is 31.7 Å². The molecule has 0 spiro atoms. The molecule has 1 N–H and O–H groups in total. The van der Waals surface area contributed by atoms with Gasteiger partial charge in [-0.2, -0.15) is 0 Å². The molecule has 3 atom stereocenters. The van der Waals surface area contributed by atoms with Gasteiger partial charge in [0, 0.05) is 35.7 Å². The topological polar surface area (TPSA) is 67.4 Å². The number of fused-ring (bicyclic) bond motifs is 2. The Morgan fingerprint density at radius 3 is 2.65 bits per heavy atom. The molecule has 26 heavy (non-hydrogen) atoms. The molecule has 2 aliphatic heterocycles. The van der Waals surface area contributed by atoms with Crippen LogP contribution >= 0.6 is 0 Å². The van der Waals surface area contributed by atoms with Gasteiger partial charge in [0.2, 0.25) is 5.88 Å². The molecule has 2 fully saturated rings. The fourth-order valence-corrected chi connectivity index (χ4v) is 4.28. The van der Waals surface area contributed by atoms with Crippen LogP contribution in [0.25, 0.3) is 11.3 Å². The molecule has 6 heteroatoms. The van der Waals surface area contributed by atoms with Crippen molar-refractivity contribution in [1.82, 2.24) is 14.9 Å². The maximum absolute atomic E-state index is 12.7. The third kappa shape index (κ3) is 2.89. The van der Waals surface area contributed by atoms with Gasteiger partial charge in [0.05, 0.1) is 7.11 Å². The molecule has 4 rings (SSSR count). The summed E-state index contributed by atoms with van der Waals surface area (Å²) in [6, 6.07) is 6.65. The largest absolute Gasteiger partial charge is 0.479 e. The van der Waals surface area contributed by atoms with Crippen molar-refractivity contribution in [3.05, 3.63) is 36.2 Å². The zero-order valence-electron chi connectivity index (χ0n) is 15.4. The van der Waals surface area contributed by atoms with Crippen LogP contribution < -0.4 is 10.1 Å². The molecule has 136 valence electrons. The zero-order chi connectivity index (χ0) is 18.3. The summed E-state index contributed by atoms with van der Waals surface area (Å²) in [5.74, 6) is 1.20. The average molecular weight is 352 g/mol. The van der Waals surface area contributed by atoms with Crippen LogP contribution in [0.4, 0.5) is 10.5 Å². The van der Waals surface area contributed by atoms with E-state index >= 15 is 0 Å². The van der Waals surface area contributed by atoms with Gasteiger partial charge < -0.3 is 15.0 Å². The molecule has 0 radical (unpaired) electrons. The number of benzene rings is 1. The van der Waals surface area contributed by atoms with Gasteiger partial charge in [0.1, 0.15) is 5.69 Å². The van der Waals surface area contributed by atoms with Crippen LogP contribution in [0, 0.1) is 12.8 Å².